The van der Waals surface area contributed by atoms with Crippen LogP contribution in [0.25, 0.3) is 0 Å². The smallest absolute Gasteiger partial charge is 0.119 e. The molecule has 0 N–H and O–H groups in total. The van der Waals surface area contributed by atoms with Crippen LogP contribution in [0, 0.1) is 5.92 Å². The number of rotatable bonds is 9. The molecule has 0 radical (unpaired) electrons. The highest BCUT2D eigenvalue weighted by Gasteiger charge is 2.13. The van der Waals surface area contributed by atoms with Gasteiger partial charge in [-0.05, 0) is 74.5 Å². The third kappa shape index (κ3) is 7.56. The van der Waals surface area contributed by atoms with E-state index in [0.717, 1.165) is 18.8 Å². The number of ether oxygens (including phenoxy) is 1. The summed E-state index contributed by atoms with van der Waals surface area (Å²) in [7, 11) is 0. The van der Waals surface area contributed by atoms with E-state index in [2.05, 4.69) is 66.4 Å². The largest absolute Gasteiger partial charge is 0.493 e. The van der Waals surface area contributed by atoms with Gasteiger partial charge in [-0.25, -0.2) is 0 Å². The Morgan fingerprint density at radius 2 is 1.56 bits per heavy atom. The van der Waals surface area contributed by atoms with E-state index in [0.29, 0.717) is 5.92 Å². The monoisotopic (exact) mass is 387 g/mol. The SMILES string of the molecule is CCC(CCN1CCCCC1)COc1ccc(Cc2ccccc2)cc1.Cl. The molecule has 0 spiro atoms. The van der Waals surface area contributed by atoms with Crippen molar-refractivity contribution in [2.45, 2.75) is 45.4 Å². The normalized spacial score (nSPS) is 15.7. The molecule has 3 rings (SSSR count). The summed E-state index contributed by atoms with van der Waals surface area (Å²) in [6.07, 6.45) is 7.60. The molecule has 2 nitrogen and oxygen atoms in total. The summed E-state index contributed by atoms with van der Waals surface area (Å²) < 4.78 is 6.09. The minimum Gasteiger partial charge on any atom is -0.493 e. The van der Waals surface area contributed by atoms with E-state index in [1.54, 1.807) is 0 Å². The molecule has 0 amide bonds. The van der Waals surface area contributed by atoms with E-state index in [9.17, 15) is 0 Å². The Bertz CT molecular complexity index is 623. The van der Waals surface area contributed by atoms with Crippen LogP contribution in [0.15, 0.2) is 54.6 Å². The third-order valence-electron chi connectivity index (χ3n) is 5.54. The van der Waals surface area contributed by atoms with Gasteiger partial charge >= 0.3 is 0 Å². The van der Waals surface area contributed by atoms with Crippen molar-refractivity contribution < 1.29 is 4.74 Å². The first-order chi connectivity index (χ1) is 12.8. The average Bonchev–Trinajstić information content (AvgIpc) is 2.71. The van der Waals surface area contributed by atoms with Crippen molar-refractivity contribution in [3.63, 3.8) is 0 Å². The zero-order valence-corrected chi connectivity index (χ0v) is 17.4. The molecule has 0 bridgehead atoms. The second-order valence-corrected chi connectivity index (χ2v) is 7.58. The Kier molecular flexibility index (Phi) is 9.72. The Morgan fingerprint density at radius 1 is 0.889 bits per heavy atom. The first kappa shape index (κ1) is 21.8. The molecule has 1 heterocycles. The van der Waals surface area contributed by atoms with Crippen LogP contribution in [0.4, 0.5) is 0 Å². The number of nitrogens with zero attached hydrogens (tertiary/aromatic N) is 1. The summed E-state index contributed by atoms with van der Waals surface area (Å²) in [6.45, 7) is 6.94. The van der Waals surface area contributed by atoms with Gasteiger partial charge in [0.15, 0.2) is 0 Å². The van der Waals surface area contributed by atoms with Crippen LogP contribution >= 0.6 is 12.4 Å². The fraction of sp³-hybridized carbons (Fsp3) is 0.500. The summed E-state index contributed by atoms with van der Waals surface area (Å²) in [6, 6.07) is 19.2. The molecule has 27 heavy (non-hydrogen) atoms. The predicted octanol–water partition coefficient (Wildman–Crippen LogP) is 5.98. The predicted molar refractivity (Wildman–Crippen MR) is 117 cm³/mol. The lowest BCUT2D eigenvalue weighted by atomic mass is 10.0. The number of benzene rings is 2. The molecule has 2 aromatic rings. The molecule has 148 valence electrons. The standard InChI is InChI=1S/C24H33NO.ClH/c1-2-21(15-18-25-16-7-4-8-17-25)20-26-24-13-11-23(12-14-24)19-22-9-5-3-6-10-22;/h3,5-6,9-14,21H,2,4,7-8,15-20H2,1H3;1H. The quantitative estimate of drug-likeness (QED) is 0.524. The van der Waals surface area contributed by atoms with Crippen LogP contribution in [0.5, 0.6) is 5.75 Å². The van der Waals surface area contributed by atoms with Crippen LogP contribution in [0.3, 0.4) is 0 Å². The van der Waals surface area contributed by atoms with Crippen molar-refractivity contribution in [1.82, 2.24) is 4.90 Å². The summed E-state index contributed by atoms with van der Waals surface area (Å²) in [5.74, 6) is 1.65. The van der Waals surface area contributed by atoms with Crippen LogP contribution in [-0.2, 0) is 6.42 Å². The summed E-state index contributed by atoms with van der Waals surface area (Å²) in [5.41, 5.74) is 2.69. The van der Waals surface area contributed by atoms with Crippen molar-refractivity contribution in [3.8, 4) is 5.75 Å². The van der Waals surface area contributed by atoms with Crippen LogP contribution in [0.2, 0.25) is 0 Å². The van der Waals surface area contributed by atoms with Gasteiger partial charge in [0.1, 0.15) is 5.75 Å². The second kappa shape index (κ2) is 12.0. The summed E-state index contributed by atoms with van der Waals surface area (Å²) in [5, 5.41) is 0. The highest BCUT2D eigenvalue weighted by Crippen LogP contribution is 2.18. The number of hydrogen-bond acceptors (Lipinski definition) is 2. The molecule has 3 heteroatoms. The van der Waals surface area contributed by atoms with Crippen LogP contribution in [0.1, 0.15) is 50.2 Å². The zero-order valence-electron chi connectivity index (χ0n) is 16.6. The van der Waals surface area contributed by atoms with Crippen LogP contribution < -0.4 is 4.74 Å². The molecule has 0 aliphatic carbocycles. The average molecular weight is 388 g/mol. The lowest BCUT2D eigenvalue weighted by molar-refractivity contribution is 0.183. The van der Waals surface area contributed by atoms with E-state index in [4.69, 9.17) is 4.74 Å². The van der Waals surface area contributed by atoms with Crippen molar-refractivity contribution >= 4 is 12.4 Å². The molecule has 1 atom stereocenters. The van der Waals surface area contributed by atoms with Crippen molar-refractivity contribution in [2.24, 2.45) is 5.92 Å². The van der Waals surface area contributed by atoms with E-state index in [1.807, 2.05) is 0 Å². The van der Waals surface area contributed by atoms with Gasteiger partial charge < -0.3 is 9.64 Å². The van der Waals surface area contributed by atoms with Crippen molar-refractivity contribution in [3.05, 3.63) is 65.7 Å². The number of piperidine rings is 1. The van der Waals surface area contributed by atoms with Crippen molar-refractivity contribution in [2.75, 3.05) is 26.2 Å². The molecule has 2 aromatic carbocycles. The van der Waals surface area contributed by atoms with Gasteiger partial charge in [0.2, 0.25) is 0 Å². The minimum absolute atomic E-state index is 0. The molecule has 0 saturated carbocycles. The van der Waals surface area contributed by atoms with Gasteiger partial charge in [-0.2, -0.15) is 0 Å². The van der Waals surface area contributed by atoms with E-state index < -0.39 is 0 Å². The molecular weight excluding hydrogens is 354 g/mol. The fourth-order valence-electron chi connectivity index (χ4n) is 3.70. The van der Waals surface area contributed by atoms with Gasteiger partial charge in [-0.1, -0.05) is 62.2 Å². The molecule has 1 saturated heterocycles. The van der Waals surface area contributed by atoms with Gasteiger partial charge in [0.25, 0.3) is 0 Å². The first-order valence-electron chi connectivity index (χ1n) is 10.3. The molecule has 1 aliphatic heterocycles. The van der Waals surface area contributed by atoms with E-state index in [1.165, 1.54) is 62.9 Å². The minimum atomic E-state index is 0. The Hall–Kier alpha value is -1.51. The Labute approximate surface area is 171 Å². The maximum atomic E-state index is 6.09. The maximum absolute atomic E-state index is 6.09. The molecule has 1 aliphatic rings. The van der Waals surface area contributed by atoms with E-state index >= 15 is 0 Å². The fourth-order valence-corrected chi connectivity index (χ4v) is 3.70. The Morgan fingerprint density at radius 3 is 2.22 bits per heavy atom. The number of likely N-dealkylation sites (tertiary alicyclic amines) is 1. The van der Waals surface area contributed by atoms with Gasteiger partial charge in [0, 0.05) is 0 Å². The Balaban J connectivity index is 0.00000261. The lowest BCUT2D eigenvalue weighted by Gasteiger charge is -2.28. The van der Waals surface area contributed by atoms with Gasteiger partial charge in [-0.15, -0.1) is 12.4 Å². The molecule has 1 fully saturated rings. The van der Waals surface area contributed by atoms with Crippen LogP contribution in [-0.4, -0.2) is 31.1 Å². The molecule has 0 aromatic heterocycles. The van der Waals surface area contributed by atoms with Crippen molar-refractivity contribution in [1.29, 1.82) is 0 Å². The topological polar surface area (TPSA) is 12.5 Å². The molecular formula is C24H34ClNO. The lowest BCUT2D eigenvalue weighted by Crippen LogP contribution is -2.32. The first-order valence-corrected chi connectivity index (χ1v) is 10.3. The molecule has 1 unspecified atom stereocenters. The summed E-state index contributed by atoms with van der Waals surface area (Å²) in [4.78, 5) is 2.63. The van der Waals surface area contributed by atoms with E-state index in [-0.39, 0.29) is 12.4 Å². The number of halogens is 1. The van der Waals surface area contributed by atoms with Gasteiger partial charge in [0.05, 0.1) is 6.61 Å². The zero-order chi connectivity index (χ0) is 18.0. The number of hydrogen-bond donors (Lipinski definition) is 0. The summed E-state index contributed by atoms with van der Waals surface area (Å²) >= 11 is 0. The van der Waals surface area contributed by atoms with Gasteiger partial charge in [-0.3, -0.25) is 0 Å². The third-order valence-corrected chi connectivity index (χ3v) is 5.54. The highest BCUT2D eigenvalue weighted by molar-refractivity contribution is 5.85. The maximum Gasteiger partial charge on any atom is 0.119 e. The second-order valence-electron chi connectivity index (χ2n) is 7.58. The highest BCUT2D eigenvalue weighted by atomic mass is 35.5.